The van der Waals surface area contributed by atoms with E-state index < -0.39 is 11.3 Å². The molecule has 6 heteroatoms. The Morgan fingerprint density at radius 2 is 2.24 bits per heavy atom. The normalized spacial score (nSPS) is 24.1. The maximum Gasteiger partial charge on any atom is 0.248 e. The van der Waals surface area contributed by atoms with Gasteiger partial charge in [0.2, 0.25) is 11.8 Å². The minimum atomic E-state index is -0.599. The molecule has 17 heavy (non-hydrogen) atoms. The Balaban J connectivity index is 2.42. The van der Waals surface area contributed by atoms with Gasteiger partial charge in [-0.3, -0.25) is 9.59 Å². The molecular formula is C11H17N3O3. The van der Waals surface area contributed by atoms with Crippen molar-refractivity contribution in [3.05, 3.63) is 0 Å². The maximum absolute atomic E-state index is 11.7. The van der Waals surface area contributed by atoms with Crippen LogP contribution in [0.4, 0.5) is 0 Å². The summed E-state index contributed by atoms with van der Waals surface area (Å²) >= 11 is 0. The van der Waals surface area contributed by atoms with Gasteiger partial charge in [0, 0.05) is 13.1 Å². The fraction of sp³-hybridized carbons (Fsp3) is 0.727. The van der Waals surface area contributed by atoms with Crippen molar-refractivity contribution in [3.8, 4) is 6.07 Å². The molecule has 0 aromatic rings. The number of rotatable bonds is 4. The van der Waals surface area contributed by atoms with E-state index in [0.717, 1.165) is 12.8 Å². The molecule has 0 aliphatic carbocycles. The van der Waals surface area contributed by atoms with Crippen LogP contribution < -0.4 is 5.73 Å². The van der Waals surface area contributed by atoms with Crippen LogP contribution >= 0.6 is 0 Å². The van der Waals surface area contributed by atoms with Crippen molar-refractivity contribution in [1.82, 2.24) is 4.90 Å². The molecule has 1 saturated heterocycles. The highest BCUT2D eigenvalue weighted by Crippen LogP contribution is 2.28. The molecule has 2 N–H and O–H groups in total. The number of ether oxygens (including phenoxy) is 1. The lowest BCUT2D eigenvalue weighted by Crippen LogP contribution is -2.45. The third kappa shape index (κ3) is 4.04. The number of piperidine rings is 1. The zero-order valence-corrected chi connectivity index (χ0v) is 9.94. The van der Waals surface area contributed by atoms with Gasteiger partial charge in [-0.2, -0.15) is 5.26 Å². The lowest BCUT2D eigenvalue weighted by atomic mass is 9.83. The quantitative estimate of drug-likeness (QED) is 0.724. The Kier molecular flexibility index (Phi) is 4.46. The van der Waals surface area contributed by atoms with Crippen LogP contribution in [-0.4, -0.2) is 43.0 Å². The van der Waals surface area contributed by atoms with E-state index in [1.165, 1.54) is 0 Å². The van der Waals surface area contributed by atoms with Gasteiger partial charge in [0.1, 0.15) is 13.2 Å². The summed E-state index contributed by atoms with van der Waals surface area (Å²) in [5.41, 5.74) is 4.42. The first-order valence-electron chi connectivity index (χ1n) is 5.52. The van der Waals surface area contributed by atoms with Gasteiger partial charge in [-0.25, -0.2) is 0 Å². The van der Waals surface area contributed by atoms with Gasteiger partial charge in [0.25, 0.3) is 0 Å². The molecule has 0 saturated carbocycles. The van der Waals surface area contributed by atoms with Crippen LogP contribution in [0.1, 0.15) is 19.8 Å². The largest absolute Gasteiger partial charge is 0.368 e. The number of primary amides is 1. The summed E-state index contributed by atoms with van der Waals surface area (Å²) in [6.45, 7) is 2.48. The Morgan fingerprint density at radius 1 is 1.53 bits per heavy atom. The number of carbonyl (C=O) groups is 2. The van der Waals surface area contributed by atoms with Crippen LogP contribution in [0.15, 0.2) is 0 Å². The summed E-state index contributed by atoms with van der Waals surface area (Å²) in [7, 11) is 0. The van der Waals surface area contributed by atoms with Crippen molar-refractivity contribution in [1.29, 1.82) is 5.26 Å². The topological polar surface area (TPSA) is 96.4 Å². The zero-order chi connectivity index (χ0) is 12.9. The predicted molar refractivity (Wildman–Crippen MR) is 59.5 cm³/mol. The first kappa shape index (κ1) is 13.5. The summed E-state index contributed by atoms with van der Waals surface area (Å²) < 4.78 is 4.86. The first-order chi connectivity index (χ1) is 7.97. The minimum absolute atomic E-state index is 0.162. The van der Waals surface area contributed by atoms with Crippen molar-refractivity contribution in [2.45, 2.75) is 19.8 Å². The zero-order valence-electron chi connectivity index (χ0n) is 9.94. The first-order valence-corrected chi connectivity index (χ1v) is 5.52. The van der Waals surface area contributed by atoms with Crippen molar-refractivity contribution in [2.75, 3.05) is 26.3 Å². The van der Waals surface area contributed by atoms with E-state index in [-0.39, 0.29) is 19.1 Å². The second kappa shape index (κ2) is 5.64. The van der Waals surface area contributed by atoms with Crippen molar-refractivity contribution < 1.29 is 14.3 Å². The summed E-state index contributed by atoms with van der Waals surface area (Å²) in [5, 5.41) is 9.02. The van der Waals surface area contributed by atoms with Crippen LogP contribution in [0.2, 0.25) is 0 Å². The van der Waals surface area contributed by atoms with Gasteiger partial charge < -0.3 is 15.4 Å². The summed E-state index contributed by atoms with van der Waals surface area (Å²) in [4.78, 5) is 23.8. The van der Waals surface area contributed by atoms with Crippen LogP contribution in [0.5, 0.6) is 0 Å². The van der Waals surface area contributed by atoms with Gasteiger partial charge in [0.05, 0.1) is 11.5 Å². The second-order valence-electron chi connectivity index (χ2n) is 4.55. The van der Waals surface area contributed by atoms with E-state index in [4.69, 9.17) is 15.7 Å². The molecule has 1 rings (SSSR count). The van der Waals surface area contributed by atoms with Gasteiger partial charge >= 0.3 is 0 Å². The molecule has 0 radical (unpaired) electrons. The highest BCUT2D eigenvalue weighted by Gasteiger charge is 2.32. The molecule has 1 atom stereocenters. The average molecular weight is 239 g/mol. The van der Waals surface area contributed by atoms with Crippen molar-refractivity contribution >= 4 is 11.8 Å². The van der Waals surface area contributed by atoms with Crippen LogP contribution in [-0.2, 0) is 14.3 Å². The highest BCUT2D eigenvalue weighted by molar-refractivity contribution is 5.79. The molecule has 0 aromatic carbocycles. The summed E-state index contributed by atoms with van der Waals surface area (Å²) in [6.07, 6.45) is 1.61. The molecule has 1 fully saturated rings. The monoisotopic (exact) mass is 239 g/mol. The van der Waals surface area contributed by atoms with Gasteiger partial charge in [0.15, 0.2) is 0 Å². The number of hydrogen-bond donors (Lipinski definition) is 1. The fourth-order valence-corrected chi connectivity index (χ4v) is 1.87. The van der Waals surface area contributed by atoms with E-state index in [0.29, 0.717) is 13.1 Å². The molecule has 2 amide bonds. The van der Waals surface area contributed by atoms with Gasteiger partial charge in [-0.1, -0.05) is 0 Å². The Morgan fingerprint density at radius 3 is 2.82 bits per heavy atom. The lowest BCUT2D eigenvalue weighted by Gasteiger charge is -2.35. The molecule has 1 aliphatic rings. The van der Waals surface area contributed by atoms with E-state index in [2.05, 4.69) is 6.07 Å². The summed E-state index contributed by atoms with van der Waals surface area (Å²) in [6, 6.07) is 2.23. The minimum Gasteiger partial charge on any atom is -0.368 e. The smallest absolute Gasteiger partial charge is 0.248 e. The van der Waals surface area contributed by atoms with E-state index in [1.54, 1.807) is 4.90 Å². The van der Waals surface area contributed by atoms with Crippen LogP contribution in [0, 0.1) is 16.7 Å². The van der Waals surface area contributed by atoms with E-state index >= 15 is 0 Å². The number of amides is 2. The highest BCUT2D eigenvalue weighted by atomic mass is 16.5. The number of nitrogens with two attached hydrogens (primary N) is 1. The molecule has 1 heterocycles. The number of likely N-dealkylation sites (tertiary alicyclic amines) is 1. The second-order valence-corrected chi connectivity index (χ2v) is 4.55. The number of hydrogen-bond acceptors (Lipinski definition) is 4. The average Bonchev–Trinajstić information content (AvgIpc) is 2.28. The number of nitriles is 1. The van der Waals surface area contributed by atoms with E-state index in [1.807, 2.05) is 6.92 Å². The molecule has 94 valence electrons. The molecular weight excluding hydrogens is 222 g/mol. The summed E-state index contributed by atoms with van der Waals surface area (Å²) in [5.74, 6) is -0.800. The Bertz CT molecular complexity index is 350. The van der Waals surface area contributed by atoms with Gasteiger partial charge in [-0.05, 0) is 19.8 Å². The van der Waals surface area contributed by atoms with Crippen LogP contribution in [0.3, 0.4) is 0 Å². The van der Waals surface area contributed by atoms with E-state index in [9.17, 15) is 9.59 Å². The number of nitrogens with zero attached hydrogens (tertiary/aromatic N) is 2. The van der Waals surface area contributed by atoms with Crippen molar-refractivity contribution in [3.63, 3.8) is 0 Å². The van der Waals surface area contributed by atoms with Crippen LogP contribution in [0.25, 0.3) is 0 Å². The molecule has 1 aliphatic heterocycles. The Hall–Kier alpha value is -1.61. The molecule has 0 aromatic heterocycles. The lowest BCUT2D eigenvalue weighted by molar-refractivity contribution is -0.140. The SMILES string of the molecule is C[C@@]1(C#N)CCCN(C(=O)COCC(N)=O)C1. The third-order valence-corrected chi connectivity index (χ3v) is 2.79. The Labute approximate surface area is 100 Å². The third-order valence-electron chi connectivity index (χ3n) is 2.79. The van der Waals surface area contributed by atoms with Crippen molar-refractivity contribution in [2.24, 2.45) is 11.1 Å². The molecule has 0 unspecified atom stereocenters. The maximum atomic E-state index is 11.7. The van der Waals surface area contributed by atoms with Gasteiger partial charge in [-0.15, -0.1) is 0 Å². The molecule has 0 spiro atoms. The molecule has 0 bridgehead atoms. The molecule has 6 nitrogen and oxygen atoms in total. The predicted octanol–water partition coefficient (Wildman–Crippen LogP) is -0.359. The number of carbonyl (C=O) groups excluding carboxylic acids is 2. The fourth-order valence-electron chi connectivity index (χ4n) is 1.87. The standard InChI is InChI=1S/C11H17N3O3/c1-11(7-12)3-2-4-14(8-11)10(16)6-17-5-9(13)15/h2-6,8H2,1H3,(H2,13,15)/t11-/m0/s1.